The molecule has 0 saturated carbocycles. The van der Waals surface area contributed by atoms with Crippen LogP contribution in [-0.2, 0) is 6.42 Å². The third-order valence-electron chi connectivity index (χ3n) is 2.64. The molecule has 1 aliphatic rings. The first-order chi connectivity index (χ1) is 6.40. The molecule has 1 fully saturated rings. The fourth-order valence-electron chi connectivity index (χ4n) is 1.89. The third kappa shape index (κ3) is 2.12. The highest BCUT2D eigenvalue weighted by molar-refractivity contribution is 7.12. The maximum absolute atomic E-state index is 3.42. The van der Waals surface area contributed by atoms with Crippen molar-refractivity contribution in [3.05, 3.63) is 21.9 Å². The van der Waals surface area contributed by atoms with Gasteiger partial charge in [-0.1, -0.05) is 13.3 Å². The minimum absolute atomic E-state index is 0.801. The van der Waals surface area contributed by atoms with E-state index in [0.29, 0.717) is 0 Å². The molecule has 1 aliphatic heterocycles. The van der Waals surface area contributed by atoms with Crippen molar-refractivity contribution in [3.8, 4) is 0 Å². The minimum atomic E-state index is 0.801. The van der Waals surface area contributed by atoms with Crippen LogP contribution in [0.25, 0.3) is 0 Å². The highest BCUT2D eigenvalue weighted by Crippen LogP contribution is 2.29. The standard InChI is InChI=1S/C11H17NS/c1-2-3-10-4-5-11(13-10)9-6-7-12-8-9/h4-5,9,12H,2-3,6-8H2,1H3. The average Bonchev–Trinajstić information content (AvgIpc) is 2.70. The van der Waals surface area contributed by atoms with Crippen LogP contribution in [0.4, 0.5) is 0 Å². The molecule has 0 bridgehead atoms. The van der Waals surface area contributed by atoms with Gasteiger partial charge < -0.3 is 5.32 Å². The second-order valence-electron chi connectivity index (χ2n) is 3.74. The molecular formula is C11H17NS. The Morgan fingerprint density at radius 2 is 2.46 bits per heavy atom. The molecule has 0 radical (unpaired) electrons. The van der Waals surface area contributed by atoms with Crippen LogP contribution >= 0.6 is 11.3 Å². The van der Waals surface area contributed by atoms with Crippen LogP contribution < -0.4 is 5.32 Å². The summed E-state index contributed by atoms with van der Waals surface area (Å²) in [6.45, 7) is 4.63. The first-order valence-corrected chi connectivity index (χ1v) is 6.01. The Hall–Kier alpha value is -0.340. The van der Waals surface area contributed by atoms with E-state index in [1.165, 1.54) is 32.4 Å². The zero-order valence-electron chi connectivity index (χ0n) is 8.18. The SMILES string of the molecule is CCCc1ccc(C2CCNC2)s1. The molecule has 1 aromatic heterocycles. The molecule has 1 nitrogen and oxygen atoms in total. The first kappa shape index (κ1) is 9.22. The Morgan fingerprint density at radius 1 is 1.54 bits per heavy atom. The van der Waals surface area contributed by atoms with E-state index in [-0.39, 0.29) is 0 Å². The van der Waals surface area contributed by atoms with E-state index in [2.05, 4.69) is 24.4 Å². The zero-order chi connectivity index (χ0) is 9.10. The van der Waals surface area contributed by atoms with Gasteiger partial charge in [0.25, 0.3) is 0 Å². The van der Waals surface area contributed by atoms with Gasteiger partial charge in [0.1, 0.15) is 0 Å². The number of rotatable bonds is 3. The summed E-state index contributed by atoms with van der Waals surface area (Å²) in [7, 11) is 0. The predicted octanol–water partition coefficient (Wildman–Crippen LogP) is 2.78. The first-order valence-electron chi connectivity index (χ1n) is 5.19. The molecular weight excluding hydrogens is 178 g/mol. The average molecular weight is 195 g/mol. The topological polar surface area (TPSA) is 12.0 Å². The molecule has 1 unspecified atom stereocenters. The van der Waals surface area contributed by atoms with Crippen LogP contribution in [0.2, 0.25) is 0 Å². The van der Waals surface area contributed by atoms with Crippen LogP contribution in [0.3, 0.4) is 0 Å². The molecule has 0 amide bonds. The lowest BCUT2D eigenvalue weighted by Crippen LogP contribution is -2.07. The lowest BCUT2D eigenvalue weighted by molar-refractivity contribution is 0.779. The van der Waals surface area contributed by atoms with Crippen molar-refractivity contribution in [2.24, 2.45) is 0 Å². The molecule has 0 aromatic carbocycles. The van der Waals surface area contributed by atoms with Gasteiger partial charge >= 0.3 is 0 Å². The van der Waals surface area contributed by atoms with Gasteiger partial charge in [0.05, 0.1) is 0 Å². The van der Waals surface area contributed by atoms with Crippen molar-refractivity contribution in [2.75, 3.05) is 13.1 Å². The second kappa shape index (κ2) is 4.25. The largest absolute Gasteiger partial charge is 0.316 e. The third-order valence-corrected chi connectivity index (χ3v) is 3.95. The van der Waals surface area contributed by atoms with Gasteiger partial charge in [-0.15, -0.1) is 11.3 Å². The smallest absolute Gasteiger partial charge is 0.00922 e. The van der Waals surface area contributed by atoms with Gasteiger partial charge in [-0.25, -0.2) is 0 Å². The Kier molecular flexibility index (Phi) is 3.01. The summed E-state index contributed by atoms with van der Waals surface area (Å²) in [5.74, 6) is 0.801. The molecule has 2 heterocycles. The molecule has 0 aliphatic carbocycles. The summed E-state index contributed by atoms with van der Waals surface area (Å²) in [4.78, 5) is 3.15. The Bertz CT molecular complexity index is 261. The Morgan fingerprint density at radius 3 is 3.15 bits per heavy atom. The van der Waals surface area contributed by atoms with Gasteiger partial charge in [0.15, 0.2) is 0 Å². The van der Waals surface area contributed by atoms with E-state index in [9.17, 15) is 0 Å². The van der Waals surface area contributed by atoms with Gasteiger partial charge in [0.2, 0.25) is 0 Å². The molecule has 1 atom stereocenters. The summed E-state index contributed by atoms with van der Waals surface area (Å²) in [6.07, 6.45) is 3.85. The molecule has 2 heteroatoms. The highest BCUT2D eigenvalue weighted by Gasteiger charge is 2.17. The maximum atomic E-state index is 3.42. The minimum Gasteiger partial charge on any atom is -0.316 e. The van der Waals surface area contributed by atoms with Crippen molar-refractivity contribution >= 4 is 11.3 Å². The molecule has 1 aromatic rings. The molecule has 13 heavy (non-hydrogen) atoms. The Balaban J connectivity index is 2.03. The number of nitrogens with one attached hydrogen (secondary N) is 1. The normalized spacial score (nSPS) is 22.4. The lowest BCUT2D eigenvalue weighted by Gasteiger charge is -2.03. The molecule has 0 spiro atoms. The summed E-state index contributed by atoms with van der Waals surface area (Å²) >= 11 is 2.01. The number of hydrogen-bond donors (Lipinski definition) is 1. The van der Waals surface area contributed by atoms with E-state index in [0.717, 1.165) is 5.92 Å². The number of aryl methyl sites for hydroxylation is 1. The second-order valence-corrected chi connectivity index (χ2v) is 4.94. The summed E-state index contributed by atoms with van der Waals surface area (Å²) < 4.78 is 0. The highest BCUT2D eigenvalue weighted by atomic mass is 32.1. The van der Waals surface area contributed by atoms with Crippen molar-refractivity contribution < 1.29 is 0 Å². The molecule has 72 valence electrons. The van der Waals surface area contributed by atoms with Crippen LogP contribution in [0.15, 0.2) is 12.1 Å². The van der Waals surface area contributed by atoms with E-state index >= 15 is 0 Å². The van der Waals surface area contributed by atoms with E-state index in [1.54, 1.807) is 9.75 Å². The lowest BCUT2D eigenvalue weighted by atomic mass is 10.1. The maximum Gasteiger partial charge on any atom is 0.00922 e. The van der Waals surface area contributed by atoms with Crippen LogP contribution in [0.1, 0.15) is 35.4 Å². The van der Waals surface area contributed by atoms with Crippen molar-refractivity contribution in [1.82, 2.24) is 5.32 Å². The number of hydrogen-bond acceptors (Lipinski definition) is 2. The van der Waals surface area contributed by atoms with Gasteiger partial charge in [-0.2, -0.15) is 0 Å². The monoisotopic (exact) mass is 195 g/mol. The van der Waals surface area contributed by atoms with E-state index in [4.69, 9.17) is 0 Å². The molecule has 1 saturated heterocycles. The van der Waals surface area contributed by atoms with Crippen LogP contribution in [-0.4, -0.2) is 13.1 Å². The van der Waals surface area contributed by atoms with E-state index in [1.807, 2.05) is 11.3 Å². The van der Waals surface area contributed by atoms with Gasteiger partial charge in [0, 0.05) is 22.2 Å². The summed E-state index contributed by atoms with van der Waals surface area (Å²) in [5.41, 5.74) is 0. The predicted molar refractivity (Wildman–Crippen MR) is 58.5 cm³/mol. The molecule has 2 rings (SSSR count). The van der Waals surface area contributed by atoms with Gasteiger partial charge in [-0.05, 0) is 31.5 Å². The van der Waals surface area contributed by atoms with Crippen molar-refractivity contribution in [3.63, 3.8) is 0 Å². The fourth-order valence-corrected chi connectivity index (χ4v) is 3.14. The van der Waals surface area contributed by atoms with Gasteiger partial charge in [-0.3, -0.25) is 0 Å². The van der Waals surface area contributed by atoms with E-state index < -0.39 is 0 Å². The quantitative estimate of drug-likeness (QED) is 0.782. The summed E-state index contributed by atoms with van der Waals surface area (Å²) in [5, 5.41) is 3.42. The zero-order valence-corrected chi connectivity index (χ0v) is 8.99. The molecule has 1 N–H and O–H groups in total. The van der Waals surface area contributed by atoms with Crippen LogP contribution in [0.5, 0.6) is 0 Å². The fraction of sp³-hybridized carbons (Fsp3) is 0.636. The van der Waals surface area contributed by atoms with Crippen molar-refractivity contribution in [2.45, 2.75) is 32.1 Å². The Labute approximate surface area is 84.2 Å². The van der Waals surface area contributed by atoms with Crippen molar-refractivity contribution in [1.29, 1.82) is 0 Å². The number of thiophene rings is 1. The van der Waals surface area contributed by atoms with Crippen LogP contribution in [0, 0.1) is 0 Å². The summed E-state index contributed by atoms with van der Waals surface area (Å²) in [6, 6.07) is 4.63.